The van der Waals surface area contributed by atoms with E-state index in [0.717, 1.165) is 17.8 Å². The van der Waals surface area contributed by atoms with Gasteiger partial charge in [-0.3, -0.25) is 4.79 Å². The highest BCUT2D eigenvalue weighted by Gasteiger charge is 2.08. The number of nitrogens with one attached hydrogen (secondary N) is 2. The number of nitrogens with zero attached hydrogens (tertiary/aromatic N) is 2. The summed E-state index contributed by atoms with van der Waals surface area (Å²) in [6.45, 7) is 7.05. The van der Waals surface area contributed by atoms with Gasteiger partial charge in [0.1, 0.15) is 5.82 Å². The summed E-state index contributed by atoms with van der Waals surface area (Å²) in [7, 11) is 0. The lowest BCUT2D eigenvalue weighted by atomic mass is 10.2. The molecule has 0 radical (unpaired) electrons. The van der Waals surface area contributed by atoms with Gasteiger partial charge in [-0.2, -0.15) is 0 Å². The van der Waals surface area contributed by atoms with E-state index >= 15 is 0 Å². The van der Waals surface area contributed by atoms with Crippen LogP contribution in [0.25, 0.3) is 0 Å². The quantitative estimate of drug-likeness (QED) is 0.885. The first kappa shape index (κ1) is 15.0. The molecule has 1 heterocycles. The fourth-order valence-corrected chi connectivity index (χ4v) is 1.69. The predicted octanol–water partition coefficient (Wildman–Crippen LogP) is 3.11. The van der Waals surface area contributed by atoms with E-state index in [9.17, 15) is 4.79 Å². The van der Waals surface area contributed by atoms with Crippen molar-refractivity contribution >= 4 is 17.4 Å². The van der Waals surface area contributed by atoms with E-state index in [4.69, 9.17) is 0 Å². The summed E-state index contributed by atoms with van der Waals surface area (Å²) in [4.78, 5) is 12.0. The van der Waals surface area contributed by atoms with E-state index in [0.29, 0.717) is 17.4 Å². The van der Waals surface area contributed by atoms with Crippen molar-refractivity contribution in [2.45, 2.75) is 20.8 Å². The number of rotatable bonds is 5. The molecule has 2 N–H and O–H groups in total. The molecular formula is C16H20N4O. The molecular weight excluding hydrogens is 264 g/mol. The van der Waals surface area contributed by atoms with Crippen LogP contribution in [0.15, 0.2) is 36.4 Å². The molecule has 2 aromatic rings. The molecule has 0 saturated heterocycles. The van der Waals surface area contributed by atoms with Crippen LogP contribution < -0.4 is 10.6 Å². The Morgan fingerprint density at radius 2 is 1.81 bits per heavy atom. The van der Waals surface area contributed by atoms with E-state index in [2.05, 4.69) is 34.7 Å². The number of aromatic nitrogens is 2. The Morgan fingerprint density at radius 3 is 2.38 bits per heavy atom. The third-order valence-electron chi connectivity index (χ3n) is 2.90. The average molecular weight is 284 g/mol. The van der Waals surface area contributed by atoms with E-state index in [1.807, 2.05) is 31.2 Å². The van der Waals surface area contributed by atoms with E-state index in [1.54, 1.807) is 12.1 Å². The van der Waals surface area contributed by atoms with Crippen LogP contribution in [-0.4, -0.2) is 22.6 Å². The molecule has 0 aliphatic carbocycles. The summed E-state index contributed by atoms with van der Waals surface area (Å²) >= 11 is 0. The maximum absolute atomic E-state index is 12.0. The van der Waals surface area contributed by atoms with Gasteiger partial charge in [0.2, 0.25) is 0 Å². The Hall–Kier alpha value is -2.43. The maximum atomic E-state index is 12.0. The molecule has 0 saturated carbocycles. The second-order valence-corrected chi connectivity index (χ2v) is 5.40. The predicted molar refractivity (Wildman–Crippen MR) is 84.5 cm³/mol. The van der Waals surface area contributed by atoms with E-state index in [1.165, 1.54) is 0 Å². The van der Waals surface area contributed by atoms with E-state index in [-0.39, 0.29) is 5.91 Å². The Kier molecular flexibility index (Phi) is 4.87. The standard InChI is InChI=1S/C16H20N4O/c1-11(2)10-17-15-9-8-14(19-20-15)16(21)18-13-6-4-12(3)5-7-13/h4-9,11H,10H2,1-3H3,(H,17,20)(H,18,21). The monoisotopic (exact) mass is 284 g/mol. The third-order valence-corrected chi connectivity index (χ3v) is 2.90. The van der Waals surface area contributed by atoms with Crippen molar-refractivity contribution < 1.29 is 4.79 Å². The lowest BCUT2D eigenvalue weighted by molar-refractivity contribution is 0.102. The zero-order chi connectivity index (χ0) is 15.2. The Labute approximate surface area is 124 Å². The number of carbonyl (C=O) groups excluding carboxylic acids is 1. The van der Waals surface area contributed by atoms with Gasteiger partial charge in [-0.15, -0.1) is 10.2 Å². The highest BCUT2D eigenvalue weighted by atomic mass is 16.1. The molecule has 1 amide bonds. The summed E-state index contributed by atoms with van der Waals surface area (Å²) in [5.74, 6) is 0.939. The van der Waals surface area contributed by atoms with Crippen LogP contribution in [0.4, 0.5) is 11.5 Å². The van der Waals surface area contributed by atoms with Gasteiger partial charge in [0.05, 0.1) is 0 Å². The maximum Gasteiger partial charge on any atom is 0.276 e. The van der Waals surface area contributed by atoms with Crippen LogP contribution in [0.3, 0.4) is 0 Å². The van der Waals surface area contributed by atoms with Crippen LogP contribution in [0, 0.1) is 12.8 Å². The molecule has 0 atom stereocenters. The molecule has 110 valence electrons. The first-order chi connectivity index (χ1) is 10.0. The van der Waals surface area contributed by atoms with Crippen molar-refractivity contribution in [1.82, 2.24) is 10.2 Å². The first-order valence-corrected chi connectivity index (χ1v) is 7.00. The minimum atomic E-state index is -0.262. The minimum Gasteiger partial charge on any atom is -0.368 e. The highest BCUT2D eigenvalue weighted by Crippen LogP contribution is 2.10. The molecule has 0 aliphatic heterocycles. The number of aryl methyl sites for hydroxylation is 1. The highest BCUT2D eigenvalue weighted by molar-refractivity contribution is 6.02. The van der Waals surface area contributed by atoms with Crippen molar-refractivity contribution in [3.63, 3.8) is 0 Å². The number of anilines is 2. The van der Waals surface area contributed by atoms with Crippen LogP contribution in [0.5, 0.6) is 0 Å². The molecule has 5 heteroatoms. The van der Waals surface area contributed by atoms with Gasteiger partial charge in [0.25, 0.3) is 5.91 Å². The normalized spacial score (nSPS) is 10.5. The van der Waals surface area contributed by atoms with Crippen LogP contribution in [0.2, 0.25) is 0 Å². The largest absolute Gasteiger partial charge is 0.368 e. The Balaban J connectivity index is 1.97. The summed E-state index contributed by atoms with van der Waals surface area (Å²) in [6, 6.07) is 11.0. The zero-order valence-corrected chi connectivity index (χ0v) is 12.6. The SMILES string of the molecule is Cc1ccc(NC(=O)c2ccc(NCC(C)C)nn2)cc1. The average Bonchev–Trinajstić information content (AvgIpc) is 2.48. The third kappa shape index (κ3) is 4.56. The van der Waals surface area contributed by atoms with Crippen LogP contribution >= 0.6 is 0 Å². The molecule has 1 aromatic carbocycles. The fourth-order valence-electron chi connectivity index (χ4n) is 1.69. The number of hydrogen-bond donors (Lipinski definition) is 2. The first-order valence-electron chi connectivity index (χ1n) is 7.00. The molecule has 1 aromatic heterocycles. The number of benzene rings is 1. The molecule has 5 nitrogen and oxygen atoms in total. The van der Waals surface area contributed by atoms with Gasteiger partial charge in [-0.25, -0.2) is 0 Å². The molecule has 0 unspecified atom stereocenters. The van der Waals surface area contributed by atoms with Gasteiger partial charge in [0.15, 0.2) is 5.69 Å². The van der Waals surface area contributed by atoms with Crippen molar-refractivity contribution in [2.24, 2.45) is 5.92 Å². The summed E-state index contributed by atoms with van der Waals surface area (Å²) < 4.78 is 0. The molecule has 2 rings (SSSR count). The van der Waals surface area contributed by atoms with Gasteiger partial charge in [-0.05, 0) is 37.1 Å². The molecule has 0 bridgehead atoms. The number of amides is 1. The molecule has 0 spiro atoms. The zero-order valence-electron chi connectivity index (χ0n) is 12.6. The molecule has 21 heavy (non-hydrogen) atoms. The number of carbonyl (C=O) groups is 1. The van der Waals surface area contributed by atoms with Crippen molar-refractivity contribution in [3.8, 4) is 0 Å². The Morgan fingerprint density at radius 1 is 1.10 bits per heavy atom. The minimum absolute atomic E-state index is 0.262. The van der Waals surface area contributed by atoms with Gasteiger partial charge in [-0.1, -0.05) is 31.5 Å². The molecule has 0 fully saturated rings. The van der Waals surface area contributed by atoms with Gasteiger partial charge < -0.3 is 10.6 Å². The molecule has 0 aliphatic rings. The second kappa shape index (κ2) is 6.83. The Bertz CT molecular complexity index is 591. The summed E-state index contributed by atoms with van der Waals surface area (Å²) in [5, 5.41) is 13.9. The van der Waals surface area contributed by atoms with Gasteiger partial charge in [0, 0.05) is 12.2 Å². The fraction of sp³-hybridized carbons (Fsp3) is 0.312. The lowest BCUT2D eigenvalue weighted by Crippen LogP contribution is -2.15. The van der Waals surface area contributed by atoms with Crippen molar-refractivity contribution in [3.05, 3.63) is 47.7 Å². The summed E-state index contributed by atoms with van der Waals surface area (Å²) in [6.07, 6.45) is 0. The van der Waals surface area contributed by atoms with Gasteiger partial charge >= 0.3 is 0 Å². The smallest absolute Gasteiger partial charge is 0.276 e. The topological polar surface area (TPSA) is 66.9 Å². The van der Waals surface area contributed by atoms with Crippen LogP contribution in [-0.2, 0) is 0 Å². The lowest BCUT2D eigenvalue weighted by Gasteiger charge is -2.08. The summed E-state index contributed by atoms with van der Waals surface area (Å²) in [5.41, 5.74) is 2.19. The number of hydrogen-bond acceptors (Lipinski definition) is 4. The second-order valence-electron chi connectivity index (χ2n) is 5.40. The van der Waals surface area contributed by atoms with Crippen molar-refractivity contribution in [1.29, 1.82) is 0 Å². The van der Waals surface area contributed by atoms with E-state index < -0.39 is 0 Å². The van der Waals surface area contributed by atoms with Crippen molar-refractivity contribution in [2.75, 3.05) is 17.2 Å². The van der Waals surface area contributed by atoms with Crippen LogP contribution in [0.1, 0.15) is 29.9 Å².